The summed E-state index contributed by atoms with van der Waals surface area (Å²) in [6.45, 7) is 2.62. The van der Waals surface area contributed by atoms with Gasteiger partial charge in [-0.2, -0.15) is 0 Å². The summed E-state index contributed by atoms with van der Waals surface area (Å²) >= 11 is 0. The molecule has 2 aliphatic carbocycles. The van der Waals surface area contributed by atoms with Crippen molar-refractivity contribution in [3.63, 3.8) is 0 Å². The SMILES string of the molecule is COC1(C)C(=O)C[C@@H]([C@H](O)[C@@H](O)[C@H]2CC(=O)C(C)(OC)C2=O)C1=O. The largest absolute Gasteiger partial charge is 0.390 e. The Morgan fingerprint density at radius 1 is 0.833 bits per heavy atom. The Morgan fingerprint density at radius 3 is 1.33 bits per heavy atom. The minimum atomic E-state index is -1.66. The highest BCUT2D eigenvalue weighted by molar-refractivity contribution is 6.18. The van der Waals surface area contributed by atoms with Crippen molar-refractivity contribution in [3.05, 3.63) is 0 Å². The predicted molar refractivity (Wildman–Crippen MR) is 79.1 cm³/mol. The third-order valence-corrected chi connectivity index (χ3v) is 5.48. The van der Waals surface area contributed by atoms with E-state index in [9.17, 15) is 29.4 Å². The van der Waals surface area contributed by atoms with Crippen molar-refractivity contribution in [1.82, 2.24) is 0 Å². The van der Waals surface area contributed by atoms with Crippen LogP contribution in [0.1, 0.15) is 26.7 Å². The van der Waals surface area contributed by atoms with Crippen LogP contribution in [0.25, 0.3) is 0 Å². The van der Waals surface area contributed by atoms with Gasteiger partial charge in [-0.3, -0.25) is 19.2 Å². The third-order valence-electron chi connectivity index (χ3n) is 5.48. The van der Waals surface area contributed by atoms with E-state index in [4.69, 9.17) is 9.47 Å². The quantitative estimate of drug-likeness (QED) is 0.599. The number of methoxy groups -OCH3 is 2. The molecule has 0 bridgehead atoms. The van der Waals surface area contributed by atoms with Crippen LogP contribution in [0.5, 0.6) is 0 Å². The molecule has 2 N–H and O–H groups in total. The van der Waals surface area contributed by atoms with Crippen LogP contribution < -0.4 is 0 Å². The number of hydrogen-bond acceptors (Lipinski definition) is 8. The zero-order valence-corrected chi connectivity index (χ0v) is 14.1. The van der Waals surface area contributed by atoms with Crippen LogP contribution in [0.15, 0.2) is 0 Å². The van der Waals surface area contributed by atoms with Crippen molar-refractivity contribution in [1.29, 1.82) is 0 Å². The Balaban J connectivity index is 2.21. The second-order valence-corrected chi connectivity index (χ2v) is 6.65. The Hall–Kier alpha value is -1.48. The lowest BCUT2D eigenvalue weighted by Gasteiger charge is -2.27. The highest BCUT2D eigenvalue weighted by Gasteiger charge is 2.59. The second kappa shape index (κ2) is 6.11. The summed E-state index contributed by atoms with van der Waals surface area (Å²) in [5.74, 6) is -4.66. The maximum absolute atomic E-state index is 12.4. The van der Waals surface area contributed by atoms with Gasteiger partial charge < -0.3 is 19.7 Å². The average molecular weight is 342 g/mol. The maximum Gasteiger partial charge on any atom is 0.181 e. The van der Waals surface area contributed by atoms with Gasteiger partial charge in [0.2, 0.25) is 0 Å². The summed E-state index contributed by atoms with van der Waals surface area (Å²) in [6, 6.07) is 0. The molecule has 0 amide bonds. The lowest BCUT2D eigenvalue weighted by Crippen LogP contribution is -2.48. The molecule has 0 saturated heterocycles. The molecule has 2 aliphatic rings. The summed E-state index contributed by atoms with van der Waals surface area (Å²) in [6.07, 6.45) is -3.89. The number of hydrogen-bond donors (Lipinski definition) is 2. The lowest BCUT2D eigenvalue weighted by atomic mass is 9.85. The maximum atomic E-state index is 12.4. The van der Waals surface area contributed by atoms with Crippen molar-refractivity contribution < 1.29 is 38.9 Å². The van der Waals surface area contributed by atoms with Crippen molar-refractivity contribution in [2.75, 3.05) is 14.2 Å². The molecule has 0 heterocycles. The van der Waals surface area contributed by atoms with Gasteiger partial charge in [0.05, 0.1) is 24.0 Å². The fourth-order valence-electron chi connectivity index (χ4n) is 3.41. The van der Waals surface area contributed by atoms with E-state index < -0.39 is 58.4 Å². The van der Waals surface area contributed by atoms with Crippen LogP contribution in [0.3, 0.4) is 0 Å². The smallest absolute Gasteiger partial charge is 0.181 e. The minimum Gasteiger partial charge on any atom is -0.390 e. The molecule has 8 nitrogen and oxygen atoms in total. The fraction of sp³-hybridized carbons (Fsp3) is 0.750. The van der Waals surface area contributed by atoms with Gasteiger partial charge in [-0.25, -0.2) is 0 Å². The molecule has 0 aromatic heterocycles. The first kappa shape index (κ1) is 18.9. The molecular formula is C16H22O8. The standard InChI is InChI=1S/C16H22O8/c1-15(23-3)9(17)5-7(13(15)21)11(19)12(20)8-6-10(18)16(2,24-4)14(8)22/h7-8,11-12,19-20H,5-6H2,1-4H3/t7-,8+,11-,12-,15?,16?/m0/s1. The summed E-state index contributed by atoms with van der Waals surface area (Å²) in [7, 11) is 2.42. The molecule has 8 heteroatoms. The van der Waals surface area contributed by atoms with Gasteiger partial charge >= 0.3 is 0 Å². The Bertz CT molecular complexity index is 547. The van der Waals surface area contributed by atoms with Gasteiger partial charge in [0.25, 0.3) is 0 Å². The van der Waals surface area contributed by atoms with Gasteiger partial charge in [-0.1, -0.05) is 0 Å². The van der Waals surface area contributed by atoms with Crippen LogP contribution in [0.4, 0.5) is 0 Å². The van der Waals surface area contributed by atoms with Gasteiger partial charge in [-0.05, 0) is 13.8 Å². The van der Waals surface area contributed by atoms with Gasteiger partial charge in [0, 0.05) is 27.1 Å². The van der Waals surface area contributed by atoms with Crippen LogP contribution in [0, 0.1) is 11.8 Å². The third kappa shape index (κ3) is 2.45. The summed E-state index contributed by atoms with van der Waals surface area (Å²) in [5.41, 5.74) is -3.33. The molecule has 6 atom stereocenters. The molecule has 0 aromatic carbocycles. The van der Waals surface area contributed by atoms with Crippen molar-refractivity contribution >= 4 is 23.1 Å². The highest BCUT2D eigenvalue weighted by Crippen LogP contribution is 2.38. The van der Waals surface area contributed by atoms with Gasteiger partial charge in [-0.15, -0.1) is 0 Å². The van der Waals surface area contributed by atoms with E-state index in [0.29, 0.717) is 0 Å². The number of carbonyl (C=O) groups is 4. The zero-order valence-electron chi connectivity index (χ0n) is 14.1. The number of aliphatic hydroxyl groups excluding tert-OH is 2. The molecule has 0 spiro atoms. The molecule has 0 radical (unpaired) electrons. The van der Waals surface area contributed by atoms with E-state index >= 15 is 0 Å². The summed E-state index contributed by atoms with van der Waals surface area (Å²) in [5, 5.41) is 20.7. The van der Waals surface area contributed by atoms with E-state index in [1.807, 2.05) is 0 Å². The number of rotatable bonds is 5. The second-order valence-electron chi connectivity index (χ2n) is 6.65. The van der Waals surface area contributed by atoms with Crippen molar-refractivity contribution in [3.8, 4) is 0 Å². The first-order valence-electron chi connectivity index (χ1n) is 7.66. The minimum absolute atomic E-state index is 0.294. The number of ketones is 4. The summed E-state index contributed by atoms with van der Waals surface area (Å²) in [4.78, 5) is 48.7. The number of Topliss-reactive ketones (excluding diaryl/α,β-unsaturated/α-hetero) is 4. The first-order valence-corrected chi connectivity index (χ1v) is 7.66. The predicted octanol–water partition coefficient (Wildman–Crippen LogP) is -1.17. The van der Waals surface area contributed by atoms with Crippen LogP contribution in [-0.4, -0.2) is 71.0 Å². The molecule has 2 fully saturated rings. The van der Waals surface area contributed by atoms with E-state index in [-0.39, 0.29) is 12.8 Å². The van der Waals surface area contributed by atoms with Gasteiger partial charge in [0.15, 0.2) is 34.3 Å². The lowest BCUT2D eigenvalue weighted by molar-refractivity contribution is -0.153. The number of carbonyl (C=O) groups excluding carboxylic acids is 4. The monoisotopic (exact) mass is 342 g/mol. The molecule has 134 valence electrons. The van der Waals surface area contributed by atoms with Crippen LogP contribution >= 0.6 is 0 Å². The topological polar surface area (TPSA) is 127 Å². The molecule has 2 unspecified atom stereocenters. The van der Waals surface area contributed by atoms with Gasteiger partial charge in [0.1, 0.15) is 0 Å². The first-order chi connectivity index (χ1) is 11.0. The number of ether oxygens (including phenoxy) is 2. The fourth-order valence-corrected chi connectivity index (χ4v) is 3.41. The zero-order chi connectivity index (χ0) is 18.4. The Kier molecular flexibility index (Phi) is 4.80. The van der Waals surface area contributed by atoms with E-state index in [0.717, 1.165) is 0 Å². The van der Waals surface area contributed by atoms with Crippen LogP contribution in [0.2, 0.25) is 0 Å². The van der Waals surface area contributed by atoms with E-state index in [2.05, 4.69) is 0 Å². The Labute approximate surface area is 139 Å². The Morgan fingerprint density at radius 2 is 1.12 bits per heavy atom. The molecule has 0 aliphatic heterocycles. The molecular weight excluding hydrogens is 320 g/mol. The van der Waals surface area contributed by atoms with E-state index in [1.165, 1.54) is 28.1 Å². The molecule has 2 saturated carbocycles. The molecule has 0 aromatic rings. The highest BCUT2D eigenvalue weighted by atomic mass is 16.5. The number of aliphatic hydroxyl groups is 2. The van der Waals surface area contributed by atoms with Crippen molar-refractivity contribution in [2.45, 2.75) is 50.1 Å². The normalized spacial score (nSPS) is 39.6. The van der Waals surface area contributed by atoms with Crippen LogP contribution in [-0.2, 0) is 28.7 Å². The molecule has 2 rings (SSSR count). The van der Waals surface area contributed by atoms with Crippen molar-refractivity contribution in [2.24, 2.45) is 11.8 Å². The average Bonchev–Trinajstić information content (AvgIpc) is 2.94. The molecule has 24 heavy (non-hydrogen) atoms. The van der Waals surface area contributed by atoms with E-state index in [1.54, 1.807) is 0 Å². The summed E-state index contributed by atoms with van der Waals surface area (Å²) < 4.78 is 9.93.